The van der Waals surface area contributed by atoms with Crippen molar-refractivity contribution in [2.24, 2.45) is 0 Å². The molecule has 34 heavy (non-hydrogen) atoms. The molecule has 2 amide bonds. The van der Waals surface area contributed by atoms with Gasteiger partial charge in [0, 0.05) is 17.1 Å². The molecular formula is C25H34BrN3O4S. The highest BCUT2D eigenvalue weighted by molar-refractivity contribution is 9.10. The lowest BCUT2D eigenvalue weighted by molar-refractivity contribution is -0.139. The van der Waals surface area contributed by atoms with Gasteiger partial charge in [0.25, 0.3) is 0 Å². The van der Waals surface area contributed by atoms with Crippen LogP contribution in [0.3, 0.4) is 0 Å². The minimum absolute atomic E-state index is 0.0274. The average molecular weight is 553 g/mol. The highest BCUT2D eigenvalue weighted by Gasteiger charge is 2.32. The van der Waals surface area contributed by atoms with Crippen LogP contribution in [0.1, 0.15) is 39.2 Å². The fraction of sp³-hybridized carbons (Fsp3) is 0.440. The van der Waals surface area contributed by atoms with E-state index in [1.54, 1.807) is 24.3 Å². The van der Waals surface area contributed by atoms with Crippen molar-refractivity contribution >= 4 is 43.5 Å². The van der Waals surface area contributed by atoms with Crippen molar-refractivity contribution in [1.82, 2.24) is 10.2 Å². The Hall–Kier alpha value is -2.39. The van der Waals surface area contributed by atoms with Crippen LogP contribution >= 0.6 is 15.9 Å². The van der Waals surface area contributed by atoms with E-state index in [-0.39, 0.29) is 11.9 Å². The van der Waals surface area contributed by atoms with E-state index < -0.39 is 28.5 Å². The number of sulfonamides is 1. The van der Waals surface area contributed by atoms with Gasteiger partial charge in [-0.05, 0) is 59.8 Å². The van der Waals surface area contributed by atoms with Gasteiger partial charge in [-0.15, -0.1) is 0 Å². The number of hydrogen-bond donors (Lipinski definition) is 1. The molecule has 2 aromatic rings. The number of amides is 2. The van der Waals surface area contributed by atoms with Crippen LogP contribution in [-0.4, -0.2) is 56.6 Å². The van der Waals surface area contributed by atoms with Crippen molar-refractivity contribution in [2.75, 3.05) is 23.7 Å². The summed E-state index contributed by atoms with van der Waals surface area (Å²) in [6, 6.07) is 15.8. The summed E-state index contributed by atoms with van der Waals surface area (Å²) in [5.41, 5.74) is 1.40. The number of nitrogens with one attached hydrogen (secondary N) is 1. The first-order chi connectivity index (χ1) is 16.1. The lowest BCUT2D eigenvalue weighted by atomic mass is 10.1. The SMILES string of the molecule is CCC(C)NC(=O)C(CC)N(CCc1ccccc1)C(=O)CN(c1ccccc1Br)S(C)(=O)=O. The zero-order valence-corrected chi connectivity index (χ0v) is 22.6. The van der Waals surface area contributed by atoms with E-state index in [0.29, 0.717) is 29.5 Å². The summed E-state index contributed by atoms with van der Waals surface area (Å²) in [6.07, 6.45) is 2.80. The van der Waals surface area contributed by atoms with Gasteiger partial charge in [-0.1, -0.05) is 56.3 Å². The van der Waals surface area contributed by atoms with Crippen LogP contribution in [0.2, 0.25) is 0 Å². The summed E-state index contributed by atoms with van der Waals surface area (Å²) in [6.45, 7) is 5.64. The van der Waals surface area contributed by atoms with Gasteiger partial charge in [-0.3, -0.25) is 13.9 Å². The van der Waals surface area contributed by atoms with Gasteiger partial charge < -0.3 is 10.2 Å². The van der Waals surface area contributed by atoms with Crippen molar-refractivity contribution in [1.29, 1.82) is 0 Å². The molecule has 0 aliphatic rings. The Morgan fingerprint density at radius 2 is 1.62 bits per heavy atom. The number of para-hydroxylation sites is 1. The molecule has 9 heteroatoms. The van der Waals surface area contributed by atoms with Gasteiger partial charge in [0.2, 0.25) is 21.8 Å². The zero-order valence-electron chi connectivity index (χ0n) is 20.2. The topological polar surface area (TPSA) is 86.8 Å². The lowest BCUT2D eigenvalue weighted by Crippen LogP contribution is -2.54. The number of halogens is 1. The maximum absolute atomic E-state index is 13.6. The van der Waals surface area contributed by atoms with Gasteiger partial charge in [-0.2, -0.15) is 0 Å². The monoisotopic (exact) mass is 551 g/mol. The molecule has 0 bridgehead atoms. The summed E-state index contributed by atoms with van der Waals surface area (Å²) in [5, 5.41) is 2.97. The van der Waals surface area contributed by atoms with E-state index in [2.05, 4.69) is 21.2 Å². The molecule has 0 saturated heterocycles. The minimum atomic E-state index is -3.76. The molecule has 0 aromatic heterocycles. The van der Waals surface area contributed by atoms with Crippen molar-refractivity contribution < 1.29 is 18.0 Å². The molecule has 2 unspecified atom stereocenters. The third kappa shape index (κ3) is 7.84. The van der Waals surface area contributed by atoms with Crippen LogP contribution < -0.4 is 9.62 Å². The van der Waals surface area contributed by atoms with Crippen LogP contribution in [0.5, 0.6) is 0 Å². The highest BCUT2D eigenvalue weighted by Crippen LogP contribution is 2.28. The number of carbonyl (C=O) groups excluding carboxylic acids is 2. The van der Waals surface area contributed by atoms with Gasteiger partial charge in [0.1, 0.15) is 12.6 Å². The fourth-order valence-electron chi connectivity index (χ4n) is 3.59. The first kappa shape index (κ1) is 27.9. The molecule has 0 aliphatic carbocycles. The normalized spacial score (nSPS) is 13.1. The molecule has 2 rings (SSSR count). The third-order valence-corrected chi connectivity index (χ3v) is 7.47. The van der Waals surface area contributed by atoms with Crippen molar-refractivity contribution in [3.8, 4) is 0 Å². The average Bonchev–Trinajstić information content (AvgIpc) is 2.80. The van der Waals surface area contributed by atoms with E-state index in [1.807, 2.05) is 51.1 Å². The highest BCUT2D eigenvalue weighted by atomic mass is 79.9. The number of nitrogens with zero attached hydrogens (tertiary/aromatic N) is 2. The van der Waals surface area contributed by atoms with Gasteiger partial charge in [0.15, 0.2) is 0 Å². The molecule has 0 radical (unpaired) electrons. The van der Waals surface area contributed by atoms with Gasteiger partial charge >= 0.3 is 0 Å². The van der Waals surface area contributed by atoms with Crippen LogP contribution in [0, 0.1) is 0 Å². The molecule has 7 nitrogen and oxygen atoms in total. The molecule has 0 aliphatic heterocycles. The second kappa shape index (κ2) is 12.9. The van der Waals surface area contributed by atoms with Crippen molar-refractivity contribution in [3.05, 3.63) is 64.6 Å². The predicted octanol–water partition coefficient (Wildman–Crippen LogP) is 3.98. The Morgan fingerprint density at radius 1 is 1.00 bits per heavy atom. The lowest BCUT2D eigenvalue weighted by Gasteiger charge is -2.33. The number of carbonyl (C=O) groups is 2. The molecule has 0 fully saturated rings. The molecular weight excluding hydrogens is 518 g/mol. The maximum Gasteiger partial charge on any atom is 0.244 e. The van der Waals surface area contributed by atoms with E-state index in [1.165, 1.54) is 4.90 Å². The molecule has 186 valence electrons. The van der Waals surface area contributed by atoms with E-state index >= 15 is 0 Å². The smallest absolute Gasteiger partial charge is 0.244 e. The molecule has 2 aromatic carbocycles. The second-order valence-electron chi connectivity index (χ2n) is 8.29. The Morgan fingerprint density at radius 3 is 2.18 bits per heavy atom. The number of rotatable bonds is 12. The standard InChI is InChI=1S/C25H34BrN3O4S/c1-5-19(3)27-25(31)22(6-2)28(17-16-20-12-8-7-9-13-20)24(30)18-29(34(4,32)33)23-15-11-10-14-21(23)26/h7-15,19,22H,5-6,16-18H2,1-4H3,(H,27,31). The summed E-state index contributed by atoms with van der Waals surface area (Å²) in [4.78, 5) is 28.2. The molecule has 1 N–H and O–H groups in total. The van der Waals surface area contributed by atoms with E-state index in [0.717, 1.165) is 22.5 Å². The van der Waals surface area contributed by atoms with Crippen LogP contribution in [0.15, 0.2) is 59.1 Å². The van der Waals surface area contributed by atoms with Crippen LogP contribution in [0.25, 0.3) is 0 Å². The first-order valence-electron chi connectivity index (χ1n) is 11.4. The van der Waals surface area contributed by atoms with Crippen molar-refractivity contribution in [2.45, 2.75) is 52.1 Å². The largest absolute Gasteiger partial charge is 0.352 e. The minimum Gasteiger partial charge on any atom is -0.352 e. The van der Waals surface area contributed by atoms with Crippen molar-refractivity contribution in [3.63, 3.8) is 0 Å². The number of anilines is 1. The Balaban J connectivity index is 2.37. The van der Waals surface area contributed by atoms with Crippen LogP contribution in [0.4, 0.5) is 5.69 Å². The molecule has 2 atom stereocenters. The Labute approximate surface area is 211 Å². The van der Waals surface area contributed by atoms with Crippen LogP contribution in [-0.2, 0) is 26.0 Å². The quantitative estimate of drug-likeness (QED) is 0.432. The summed E-state index contributed by atoms with van der Waals surface area (Å²) >= 11 is 3.38. The maximum atomic E-state index is 13.6. The molecule has 0 heterocycles. The first-order valence-corrected chi connectivity index (χ1v) is 14.1. The van der Waals surface area contributed by atoms with E-state index in [9.17, 15) is 18.0 Å². The fourth-order valence-corrected chi connectivity index (χ4v) is 5.06. The molecule has 0 saturated carbocycles. The van der Waals surface area contributed by atoms with Gasteiger partial charge in [-0.25, -0.2) is 8.42 Å². The Bertz CT molecular complexity index is 1060. The summed E-state index contributed by atoms with van der Waals surface area (Å²) < 4.78 is 26.9. The third-order valence-electron chi connectivity index (χ3n) is 5.67. The second-order valence-corrected chi connectivity index (χ2v) is 11.0. The number of benzene rings is 2. The van der Waals surface area contributed by atoms with Gasteiger partial charge in [0.05, 0.1) is 11.9 Å². The van der Waals surface area contributed by atoms with E-state index in [4.69, 9.17) is 0 Å². The number of hydrogen-bond acceptors (Lipinski definition) is 4. The molecule has 0 spiro atoms. The zero-order chi connectivity index (χ0) is 25.3. The summed E-state index contributed by atoms with van der Waals surface area (Å²) in [5.74, 6) is -0.659. The predicted molar refractivity (Wildman–Crippen MR) is 140 cm³/mol. The summed E-state index contributed by atoms with van der Waals surface area (Å²) in [7, 11) is -3.76. The Kier molecular flexibility index (Phi) is 10.6.